The second kappa shape index (κ2) is 7.05. The van der Waals surface area contributed by atoms with Gasteiger partial charge in [0.15, 0.2) is 0 Å². The second-order valence-electron chi connectivity index (χ2n) is 4.86. The van der Waals surface area contributed by atoms with Gasteiger partial charge in [-0.1, -0.05) is 26.3 Å². The van der Waals surface area contributed by atoms with E-state index < -0.39 is 0 Å². The molecule has 0 aliphatic heterocycles. The first kappa shape index (κ1) is 13.7. The van der Waals surface area contributed by atoms with E-state index in [9.17, 15) is 5.11 Å². The van der Waals surface area contributed by atoms with Crippen molar-refractivity contribution in [1.29, 1.82) is 0 Å². The van der Waals surface area contributed by atoms with Gasteiger partial charge in [-0.2, -0.15) is 0 Å². The molecule has 3 nitrogen and oxygen atoms in total. The summed E-state index contributed by atoms with van der Waals surface area (Å²) in [6, 6.07) is 0.326. The fourth-order valence-electron chi connectivity index (χ4n) is 2.43. The number of rotatable bonds is 6. The topological polar surface area (TPSA) is 35.5 Å². The van der Waals surface area contributed by atoms with E-state index in [-0.39, 0.29) is 6.10 Å². The van der Waals surface area contributed by atoms with Gasteiger partial charge in [0, 0.05) is 19.1 Å². The molecule has 1 aliphatic carbocycles. The van der Waals surface area contributed by atoms with Gasteiger partial charge in [0.25, 0.3) is 0 Å². The molecule has 0 spiro atoms. The molecule has 0 amide bonds. The van der Waals surface area contributed by atoms with Crippen LogP contribution in [0.4, 0.5) is 0 Å². The Balaban J connectivity index is 2.32. The monoisotopic (exact) mass is 226 g/mol. The lowest BCUT2D eigenvalue weighted by atomic mass is 9.91. The number of likely N-dealkylation sites (N-methyl/N-ethyl adjacent to an activating group) is 2. The summed E-state index contributed by atoms with van der Waals surface area (Å²) in [5, 5.41) is 13.2. The third-order valence-corrected chi connectivity index (χ3v) is 3.36. The molecule has 0 aromatic carbocycles. The molecule has 0 aromatic heterocycles. The molecule has 3 heteroatoms. The highest BCUT2D eigenvalue weighted by atomic mass is 16.3. The van der Waals surface area contributed by atoms with E-state index in [0.717, 1.165) is 32.5 Å². The summed E-state index contributed by atoms with van der Waals surface area (Å²) in [7, 11) is 2.09. The van der Waals surface area contributed by atoms with Crippen LogP contribution in [-0.2, 0) is 0 Å². The Morgan fingerprint density at radius 2 is 2.12 bits per heavy atom. The molecule has 0 radical (unpaired) electrons. The van der Waals surface area contributed by atoms with Crippen LogP contribution in [0.2, 0.25) is 0 Å². The van der Waals surface area contributed by atoms with Crippen LogP contribution in [0.3, 0.4) is 0 Å². The van der Waals surface area contributed by atoms with Crippen molar-refractivity contribution >= 4 is 0 Å². The van der Waals surface area contributed by atoms with Crippen molar-refractivity contribution in [3.63, 3.8) is 0 Å². The molecule has 1 fully saturated rings. The average molecular weight is 226 g/mol. The lowest BCUT2D eigenvalue weighted by molar-refractivity contribution is 0.0361. The van der Waals surface area contributed by atoms with Crippen LogP contribution in [0.1, 0.15) is 32.6 Å². The Morgan fingerprint density at radius 3 is 2.75 bits per heavy atom. The molecule has 0 heterocycles. The Kier molecular flexibility index (Phi) is 6.03. The normalized spacial score (nSPS) is 26.0. The summed E-state index contributed by atoms with van der Waals surface area (Å²) < 4.78 is 0. The van der Waals surface area contributed by atoms with Crippen molar-refractivity contribution in [3.8, 4) is 0 Å². The van der Waals surface area contributed by atoms with Crippen LogP contribution < -0.4 is 5.32 Å². The largest absolute Gasteiger partial charge is 0.391 e. The summed E-state index contributed by atoms with van der Waals surface area (Å²) in [4.78, 5) is 2.25. The molecule has 0 bridgehead atoms. The van der Waals surface area contributed by atoms with E-state index in [4.69, 9.17) is 0 Å². The van der Waals surface area contributed by atoms with E-state index in [1.165, 1.54) is 18.4 Å². The lowest BCUT2D eigenvalue weighted by Crippen LogP contribution is -2.44. The summed E-state index contributed by atoms with van der Waals surface area (Å²) in [5.74, 6) is 0. The molecule has 0 saturated heterocycles. The number of aliphatic hydroxyl groups is 1. The number of hydrogen-bond donors (Lipinski definition) is 2. The van der Waals surface area contributed by atoms with Crippen molar-refractivity contribution in [2.75, 3.05) is 26.7 Å². The van der Waals surface area contributed by atoms with Crippen molar-refractivity contribution in [1.82, 2.24) is 10.2 Å². The molecule has 1 saturated carbocycles. The minimum absolute atomic E-state index is 0.148. The van der Waals surface area contributed by atoms with Gasteiger partial charge in [-0.15, -0.1) is 0 Å². The zero-order chi connectivity index (χ0) is 12.0. The smallest absolute Gasteiger partial charge is 0.0695 e. The highest BCUT2D eigenvalue weighted by Crippen LogP contribution is 2.22. The van der Waals surface area contributed by atoms with Gasteiger partial charge in [-0.25, -0.2) is 0 Å². The molecule has 1 aliphatic rings. The summed E-state index contributed by atoms with van der Waals surface area (Å²) in [5.41, 5.74) is 1.20. The Morgan fingerprint density at radius 1 is 1.44 bits per heavy atom. The SMILES string of the molecule is C=C(CNCC)CN(C)C1CCCCC1O. The molecular formula is C13H26N2O. The maximum atomic E-state index is 9.94. The highest BCUT2D eigenvalue weighted by Gasteiger charge is 2.26. The molecule has 16 heavy (non-hydrogen) atoms. The quantitative estimate of drug-likeness (QED) is 0.672. The zero-order valence-corrected chi connectivity index (χ0v) is 10.7. The minimum Gasteiger partial charge on any atom is -0.391 e. The van der Waals surface area contributed by atoms with Crippen LogP contribution >= 0.6 is 0 Å². The van der Waals surface area contributed by atoms with Crippen molar-refractivity contribution < 1.29 is 5.11 Å². The van der Waals surface area contributed by atoms with Gasteiger partial charge in [0.2, 0.25) is 0 Å². The predicted octanol–water partition coefficient (Wildman–Crippen LogP) is 1.39. The van der Waals surface area contributed by atoms with Crippen molar-refractivity contribution in [3.05, 3.63) is 12.2 Å². The molecule has 2 atom stereocenters. The number of hydrogen-bond acceptors (Lipinski definition) is 3. The summed E-state index contributed by atoms with van der Waals surface area (Å²) in [6.45, 7) is 8.91. The van der Waals surface area contributed by atoms with Crippen LogP contribution in [0, 0.1) is 0 Å². The fraction of sp³-hybridized carbons (Fsp3) is 0.846. The fourth-order valence-corrected chi connectivity index (χ4v) is 2.43. The van der Waals surface area contributed by atoms with Crippen molar-refractivity contribution in [2.24, 2.45) is 0 Å². The third-order valence-electron chi connectivity index (χ3n) is 3.36. The zero-order valence-electron chi connectivity index (χ0n) is 10.7. The minimum atomic E-state index is -0.148. The summed E-state index contributed by atoms with van der Waals surface area (Å²) in [6.07, 6.45) is 4.34. The molecule has 94 valence electrons. The van der Waals surface area contributed by atoms with Crippen LogP contribution in [0.5, 0.6) is 0 Å². The van der Waals surface area contributed by atoms with E-state index in [2.05, 4.69) is 30.8 Å². The first-order valence-corrected chi connectivity index (χ1v) is 6.40. The van der Waals surface area contributed by atoms with Gasteiger partial charge >= 0.3 is 0 Å². The number of nitrogens with zero attached hydrogens (tertiary/aromatic N) is 1. The van der Waals surface area contributed by atoms with Crippen LogP contribution in [-0.4, -0.2) is 48.8 Å². The Bertz CT molecular complexity index is 218. The maximum Gasteiger partial charge on any atom is 0.0695 e. The van der Waals surface area contributed by atoms with Crippen LogP contribution in [0.15, 0.2) is 12.2 Å². The molecule has 2 N–H and O–H groups in total. The second-order valence-corrected chi connectivity index (χ2v) is 4.86. The van der Waals surface area contributed by atoms with Crippen LogP contribution in [0.25, 0.3) is 0 Å². The van der Waals surface area contributed by atoms with E-state index in [1.54, 1.807) is 0 Å². The van der Waals surface area contributed by atoms with E-state index >= 15 is 0 Å². The van der Waals surface area contributed by atoms with E-state index in [0.29, 0.717) is 6.04 Å². The third kappa shape index (κ3) is 4.24. The number of aliphatic hydroxyl groups excluding tert-OH is 1. The maximum absolute atomic E-state index is 9.94. The first-order chi connectivity index (χ1) is 7.65. The molecular weight excluding hydrogens is 200 g/mol. The van der Waals surface area contributed by atoms with Gasteiger partial charge in [-0.3, -0.25) is 4.90 Å². The molecule has 2 unspecified atom stereocenters. The highest BCUT2D eigenvalue weighted by molar-refractivity contribution is 5.00. The predicted molar refractivity (Wildman–Crippen MR) is 68.6 cm³/mol. The first-order valence-electron chi connectivity index (χ1n) is 6.40. The van der Waals surface area contributed by atoms with Gasteiger partial charge in [0.1, 0.15) is 0 Å². The summed E-state index contributed by atoms with van der Waals surface area (Å²) >= 11 is 0. The molecule has 1 rings (SSSR count). The average Bonchev–Trinajstić information content (AvgIpc) is 2.26. The number of nitrogens with one attached hydrogen (secondary N) is 1. The lowest BCUT2D eigenvalue weighted by Gasteiger charge is -2.35. The standard InChI is InChI=1S/C13H26N2O/c1-4-14-9-11(2)10-15(3)12-7-5-6-8-13(12)16/h12-14,16H,2,4-10H2,1,3H3. The van der Waals surface area contributed by atoms with Gasteiger partial charge < -0.3 is 10.4 Å². The van der Waals surface area contributed by atoms with Crippen molar-refractivity contribution in [2.45, 2.75) is 44.8 Å². The Hall–Kier alpha value is -0.380. The van der Waals surface area contributed by atoms with Gasteiger partial charge in [0.05, 0.1) is 6.10 Å². The van der Waals surface area contributed by atoms with E-state index in [1.807, 2.05) is 0 Å². The molecule has 0 aromatic rings. The van der Waals surface area contributed by atoms with Gasteiger partial charge in [-0.05, 0) is 32.0 Å². The Labute approximate surface area is 99.5 Å².